The van der Waals surface area contributed by atoms with Crippen LogP contribution in [0.15, 0.2) is 24.3 Å². The second-order valence-electron chi connectivity index (χ2n) is 33.1. The maximum atomic E-state index is 15.5. The highest BCUT2D eigenvalue weighted by Gasteiger charge is 2.50. The van der Waals surface area contributed by atoms with E-state index < -0.39 is 243 Å². The van der Waals surface area contributed by atoms with Crippen LogP contribution in [0.4, 0.5) is 0 Å². The molecule has 670 valence electrons. The van der Waals surface area contributed by atoms with Crippen molar-refractivity contribution in [2.24, 2.45) is 41.2 Å². The predicted octanol–water partition coefficient (Wildman–Crippen LogP) is -1.55. The molecule has 0 bridgehead atoms. The summed E-state index contributed by atoms with van der Waals surface area (Å²) in [5.41, 5.74) is 5.76. The SMILES string of the molecule is CCC(C)C[C@H](C)CCCCCCCCC(=O)N[C@H]1C[C@@H](O)[C@@H](NCCN)NC(=O)[C@@H]2[C@@H](O)CCN2C(=O)[C@H]([C@H](O)CCNC(=O)[C@H](CC(C)C)NC(=O)[C@@H](NC(=O)[C@@H](NC(=O)[C@@H](NC(=O)[C@H](CCSC)NC=O)C(C)CC)C(C)C)C(C)CC)NC(=O)[C@H]([C@H](O)[C@@H](O)c2ccc(O)cc2)NC(=O)[C@@H]2C[C@@H](O)CN2C(=O)[C@H]([C@@H](C)O)NC1=O. The van der Waals surface area contributed by atoms with E-state index in [-0.39, 0.29) is 56.0 Å². The molecule has 1 aromatic carbocycles. The number of hydrogen-bond donors (Lipinski definition) is 21. The summed E-state index contributed by atoms with van der Waals surface area (Å²) >= 11 is 1.46. The first-order valence-corrected chi connectivity index (χ1v) is 43.5. The molecule has 23 atom stereocenters. The van der Waals surface area contributed by atoms with E-state index in [9.17, 15) is 93.6 Å². The third-order valence-corrected chi connectivity index (χ3v) is 23.2. The van der Waals surface area contributed by atoms with Crippen LogP contribution in [0.5, 0.6) is 5.75 Å². The van der Waals surface area contributed by atoms with Gasteiger partial charge < -0.3 is 115 Å². The van der Waals surface area contributed by atoms with Gasteiger partial charge in [-0.1, -0.05) is 146 Å². The molecule has 0 saturated carbocycles. The molecule has 37 heteroatoms. The molecule has 4 rings (SSSR count). The van der Waals surface area contributed by atoms with Crippen LogP contribution >= 0.6 is 11.8 Å². The lowest BCUT2D eigenvalue weighted by molar-refractivity contribution is -0.148. The third-order valence-electron chi connectivity index (χ3n) is 22.5. The van der Waals surface area contributed by atoms with Crippen molar-refractivity contribution in [1.29, 1.82) is 0 Å². The number of thioether (sulfide) groups is 1. The van der Waals surface area contributed by atoms with Gasteiger partial charge >= 0.3 is 0 Å². The summed E-state index contributed by atoms with van der Waals surface area (Å²) in [6.45, 7) is 19.7. The van der Waals surface area contributed by atoms with E-state index in [2.05, 4.69) is 84.6 Å². The molecule has 3 unspecified atom stereocenters. The number of aliphatic hydroxyl groups is 7. The Hall–Kier alpha value is -7.88. The van der Waals surface area contributed by atoms with Crippen molar-refractivity contribution >= 4 is 89.1 Å². The molecular formula is C81H139N15O21S. The van der Waals surface area contributed by atoms with Gasteiger partial charge in [0.2, 0.25) is 77.3 Å². The number of unbranched alkanes of at least 4 members (excludes halogenated alkanes) is 5. The van der Waals surface area contributed by atoms with E-state index in [1.54, 1.807) is 48.5 Å². The van der Waals surface area contributed by atoms with Gasteiger partial charge in [-0.15, -0.1) is 0 Å². The summed E-state index contributed by atoms with van der Waals surface area (Å²) in [6, 6.07) is -13.6. The third kappa shape index (κ3) is 31.9. The van der Waals surface area contributed by atoms with Gasteiger partial charge in [0.25, 0.3) is 0 Å². The van der Waals surface area contributed by atoms with E-state index in [1.165, 1.54) is 11.8 Å². The molecule has 3 aliphatic heterocycles. The Balaban J connectivity index is 1.77. The van der Waals surface area contributed by atoms with E-state index >= 15 is 9.59 Å². The van der Waals surface area contributed by atoms with E-state index in [4.69, 9.17) is 5.73 Å². The molecule has 0 aromatic heterocycles. The smallest absolute Gasteiger partial charge is 0.248 e. The summed E-state index contributed by atoms with van der Waals surface area (Å²) in [4.78, 5) is 188. The molecule has 3 aliphatic rings. The van der Waals surface area contributed by atoms with Crippen LogP contribution < -0.4 is 69.5 Å². The molecule has 3 heterocycles. The van der Waals surface area contributed by atoms with Gasteiger partial charge in [0.1, 0.15) is 90.6 Å². The first-order valence-electron chi connectivity index (χ1n) is 42.1. The zero-order chi connectivity index (χ0) is 88.4. The second kappa shape index (κ2) is 51.7. The molecule has 3 fully saturated rings. The Morgan fingerprint density at radius 2 is 1.18 bits per heavy atom. The maximum absolute atomic E-state index is 15.5. The predicted molar refractivity (Wildman–Crippen MR) is 441 cm³/mol. The zero-order valence-electron chi connectivity index (χ0n) is 71.1. The van der Waals surface area contributed by atoms with Gasteiger partial charge in [0.05, 0.1) is 30.5 Å². The number of nitrogens with two attached hydrogens (primary N) is 1. The van der Waals surface area contributed by atoms with Crippen molar-refractivity contribution in [3.63, 3.8) is 0 Å². The minimum absolute atomic E-state index is 0.0179. The number of aliphatic hydroxyl groups excluding tert-OH is 7. The summed E-state index contributed by atoms with van der Waals surface area (Å²) in [7, 11) is 0. The lowest BCUT2D eigenvalue weighted by Gasteiger charge is -2.35. The summed E-state index contributed by atoms with van der Waals surface area (Å²) in [5.74, 6) is -12.4. The van der Waals surface area contributed by atoms with Crippen molar-refractivity contribution in [2.75, 3.05) is 44.7 Å². The monoisotopic (exact) mass is 1690 g/mol. The van der Waals surface area contributed by atoms with Crippen molar-refractivity contribution in [3.05, 3.63) is 29.8 Å². The van der Waals surface area contributed by atoms with Crippen LogP contribution in [0.25, 0.3) is 0 Å². The van der Waals surface area contributed by atoms with Crippen LogP contribution in [0.3, 0.4) is 0 Å². The Labute approximate surface area is 698 Å². The number of hydrogen-bond acceptors (Lipinski definition) is 24. The highest BCUT2D eigenvalue weighted by molar-refractivity contribution is 7.98. The van der Waals surface area contributed by atoms with Crippen LogP contribution in [-0.2, 0) is 62.3 Å². The lowest BCUT2D eigenvalue weighted by Crippen LogP contribution is -2.65. The summed E-state index contributed by atoms with van der Waals surface area (Å²) < 4.78 is 0. The van der Waals surface area contributed by atoms with Gasteiger partial charge in [-0.25, -0.2) is 0 Å². The fraction of sp³-hybridized carbons (Fsp3) is 0.765. The number of nitrogens with zero attached hydrogens (tertiary/aromatic N) is 2. The van der Waals surface area contributed by atoms with Gasteiger partial charge in [-0.05, 0) is 111 Å². The molecule has 0 spiro atoms. The van der Waals surface area contributed by atoms with E-state index in [0.29, 0.717) is 49.7 Å². The van der Waals surface area contributed by atoms with Crippen molar-refractivity contribution in [1.82, 2.24) is 73.6 Å². The molecule has 3 saturated heterocycles. The van der Waals surface area contributed by atoms with Crippen molar-refractivity contribution < 1.29 is 103 Å². The van der Waals surface area contributed by atoms with Gasteiger partial charge in [-0.3, -0.25) is 67.6 Å². The number of aromatic hydroxyl groups is 1. The van der Waals surface area contributed by atoms with Gasteiger partial charge in [-0.2, -0.15) is 11.8 Å². The van der Waals surface area contributed by atoms with E-state index in [0.717, 1.165) is 85.9 Å². The average molecular weight is 1690 g/mol. The van der Waals surface area contributed by atoms with Crippen molar-refractivity contribution in [3.8, 4) is 5.75 Å². The topological polar surface area (TPSA) is 561 Å². The van der Waals surface area contributed by atoms with Crippen LogP contribution in [0.1, 0.15) is 210 Å². The number of rotatable bonds is 45. The Morgan fingerprint density at radius 3 is 1.76 bits per heavy atom. The number of amides is 13. The Bertz CT molecular complexity index is 3390. The molecule has 0 radical (unpaired) electrons. The molecule has 1 aromatic rings. The van der Waals surface area contributed by atoms with Crippen LogP contribution in [-0.4, -0.2) is 282 Å². The number of carbonyl (C=O) groups excluding carboxylic acids is 13. The van der Waals surface area contributed by atoms with Gasteiger partial charge in [0.15, 0.2) is 0 Å². The zero-order valence-corrected chi connectivity index (χ0v) is 71.9. The molecule has 22 N–H and O–H groups in total. The molecular weight excluding hydrogens is 1550 g/mol. The van der Waals surface area contributed by atoms with Crippen LogP contribution in [0.2, 0.25) is 0 Å². The fourth-order valence-electron chi connectivity index (χ4n) is 14.8. The quantitative estimate of drug-likeness (QED) is 0.0260. The highest BCUT2D eigenvalue weighted by Crippen LogP contribution is 2.28. The summed E-state index contributed by atoms with van der Waals surface area (Å²) in [6.07, 6.45) is -6.08. The van der Waals surface area contributed by atoms with Gasteiger partial charge in [0, 0.05) is 52.0 Å². The average Bonchev–Trinajstić information content (AvgIpc) is 1.63. The molecule has 36 nitrogen and oxygen atoms in total. The molecule has 0 aliphatic carbocycles. The summed E-state index contributed by atoms with van der Waals surface area (Å²) in [5, 5.41) is 124. The molecule has 118 heavy (non-hydrogen) atoms. The standard InChI is InChI=1S/C81H139N15O21S/c1-14-45(8)38-46(9)23-21-19-17-18-20-22-24-60(104)86-55-40-59(103)70(83-34-32-82)94-79(115)67-58(102)30-35-95(67)81(117)65(92-78(114)66(69(106)68(105)50-25-27-51(99)28-26-50)93-74(110)56-39-52(100)41-96(56)80(116)64(49(12)98)91-73(55)109)57(101)29-33-84-71(107)54(37-43(4)5)87-76(112)62(47(10)15-2)90-75(111)61(44(6)7)88-77(113)63(48(11)16-3)89-72(108)53(85-42-97)31-36-118-13/h25-28,42-49,52-59,61-70,83,98-103,105-106H,14-24,29-41,82H2,1-13H3,(H,84,107)(H,85,97)(H,86,104)(H,87,112)(H,88,113)(H,89,108)(H,90,111)(H,91,109)(H,92,114)(H,93,110)(H,94,115)/t45?,46-,47?,48?,49-,52-,53+,54+,55+,56+,57-,58+,59-,61+,62+,63+,64+,65+,66+,67+,68+,69+,70+/m1/s1. The number of fused-ring (bicyclic) bond motifs is 2. The fourth-order valence-corrected chi connectivity index (χ4v) is 15.3. The molecule has 13 amide bonds. The maximum Gasteiger partial charge on any atom is 0.248 e. The number of benzene rings is 1. The minimum atomic E-state index is -2.44. The van der Waals surface area contributed by atoms with Crippen LogP contribution in [0, 0.1) is 35.5 Å². The second-order valence-corrected chi connectivity index (χ2v) is 34.0. The normalized spacial score (nSPS) is 24.5. The number of carbonyl (C=O) groups is 13. The largest absolute Gasteiger partial charge is 0.508 e. The highest BCUT2D eigenvalue weighted by atomic mass is 32.2. The minimum Gasteiger partial charge on any atom is -0.508 e. The van der Waals surface area contributed by atoms with E-state index in [1.807, 2.05) is 13.2 Å². The lowest BCUT2D eigenvalue weighted by atomic mass is 9.91. The number of nitrogens with one attached hydrogen (secondary N) is 12. The Morgan fingerprint density at radius 1 is 0.602 bits per heavy atom. The Kier molecular flexibility index (Phi) is 44.9. The van der Waals surface area contributed by atoms with Crippen molar-refractivity contribution in [2.45, 2.75) is 314 Å². The first-order chi connectivity index (χ1) is 55.8. The number of phenols is 1. The number of phenolic OH excluding ortho intramolecular Hbond substituents is 1. The first kappa shape index (κ1) is 102.